The number of benzene rings is 8. The monoisotopic (exact) mass is 2050 g/mol. The highest BCUT2D eigenvalue weighted by atomic mass is 35.5. The summed E-state index contributed by atoms with van der Waals surface area (Å²) in [5.41, 5.74) is 8.07. The second kappa shape index (κ2) is 47.0. The third-order valence-corrected chi connectivity index (χ3v) is 23.5. The minimum Gasteiger partial charge on any atom is -0.504 e. The number of esters is 1. The number of aryl methyl sites for hydroxylation is 4. The lowest BCUT2D eigenvalue weighted by atomic mass is 9.86. The van der Waals surface area contributed by atoms with Crippen molar-refractivity contribution in [2.75, 3.05) is 33.3 Å². The average Bonchev–Trinajstić information content (AvgIpc) is 1.64. The van der Waals surface area contributed by atoms with Crippen molar-refractivity contribution in [3.63, 3.8) is 0 Å². The molecule has 12 rings (SSSR count). The number of nitrogens with zero attached hydrogens (tertiary/aromatic N) is 16. The third-order valence-electron chi connectivity index (χ3n) is 20.7. The van der Waals surface area contributed by atoms with E-state index in [0.717, 1.165) is 18.2 Å². The number of carbonyl (C=O) groups is 4. The fraction of sp³-hybridized carbons (Fsp3) is 0.226. The third kappa shape index (κ3) is 27.1. The van der Waals surface area contributed by atoms with Crippen LogP contribution in [0.4, 0.5) is 22.7 Å². The Balaban J connectivity index is 0.000000206. The molecule has 0 bridgehead atoms. The van der Waals surface area contributed by atoms with Crippen molar-refractivity contribution in [1.29, 1.82) is 0 Å². The minimum atomic E-state index is -1.38. The number of nitro groups is 4. The minimum absolute atomic E-state index is 0.0169. The molecule has 0 atom stereocenters. The lowest BCUT2D eigenvalue weighted by Gasteiger charge is -2.19. The van der Waals surface area contributed by atoms with Crippen molar-refractivity contribution in [2.24, 2.45) is 48.2 Å². The lowest BCUT2D eigenvalue weighted by Crippen LogP contribution is -2.10. The van der Waals surface area contributed by atoms with Crippen molar-refractivity contribution >= 4 is 196 Å². The number of carboxylic acids is 3. The topological polar surface area (TPSA) is 512 Å². The molecule has 0 aliphatic heterocycles. The number of aromatic nitrogens is 8. The van der Waals surface area contributed by atoms with E-state index >= 15 is 0 Å². The number of aromatic carboxylic acids is 3. The molecule has 36 nitrogen and oxygen atoms in total. The first-order valence-corrected chi connectivity index (χ1v) is 44.2. The summed E-state index contributed by atoms with van der Waals surface area (Å²) in [6.07, 6.45) is 0.843. The van der Waals surface area contributed by atoms with Crippen LogP contribution >= 0.6 is 107 Å². The predicted octanol–water partition coefficient (Wildman–Crippen LogP) is 19.9. The number of hydrogen-bond acceptors (Lipinski definition) is 29. The second-order valence-electron chi connectivity index (χ2n) is 31.6. The van der Waals surface area contributed by atoms with Crippen molar-refractivity contribution in [3.8, 4) is 68.0 Å². The van der Waals surface area contributed by atoms with Gasteiger partial charge in [-0.1, -0.05) is 200 Å². The summed E-state index contributed by atoms with van der Waals surface area (Å²) < 4.78 is 10.8. The fourth-order valence-corrected chi connectivity index (χ4v) is 15.4. The molecule has 0 amide bonds. The molecule has 0 radical (unpaired) electrons. The van der Waals surface area contributed by atoms with Gasteiger partial charge in [0.15, 0.2) is 23.0 Å². The predicted molar refractivity (Wildman–Crippen MR) is 543 cm³/mol. The van der Waals surface area contributed by atoms with Gasteiger partial charge in [-0.05, 0) is 122 Å². The molecular weight excluding hydrogens is 1970 g/mol. The maximum atomic E-state index is 11.7. The van der Waals surface area contributed by atoms with E-state index < -0.39 is 66.2 Å². The molecule has 7 N–H and O–H groups in total. The highest BCUT2D eigenvalue weighted by Gasteiger charge is 2.30. The molecule has 716 valence electrons. The zero-order chi connectivity index (χ0) is 102. The van der Waals surface area contributed by atoms with Crippen molar-refractivity contribution < 1.29 is 79.4 Å². The van der Waals surface area contributed by atoms with Gasteiger partial charge in [-0.15, -0.1) is 0 Å². The van der Waals surface area contributed by atoms with Crippen LogP contribution in [0.15, 0.2) is 178 Å². The van der Waals surface area contributed by atoms with Crippen LogP contribution < -0.4 is 0 Å². The summed E-state index contributed by atoms with van der Waals surface area (Å²) in [6, 6.07) is 40.8. The summed E-state index contributed by atoms with van der Waals surface area (Å²) in [7, 11) is 7.97. The van der Waals surface area contributed by atoms with Gasteiger partial charge in [0.05, 0.1) is 95.9 Å². The number of halogens is 5. The Bertz CT molecular complexity index is 7020. The molecule has 45 heteroatoms. The molecule has 138 heavy (non-hydrogen) atoms. The number of aliphatic imine (C=N–C) groups is 4. The second-order valence-corrected chi connectivity index (χ2v) is 36.0. The van der Waals surface area contributed by atoms with Gasteiger partial charge in [0.2, 0.25) is 0 Å². The maximum absolute atomic E-state index is 11.7. The van der Waals surface area contributed by atoms with Gasteiger partial charge in [-0.2, -0.15) is 20.4 Å². The number of methoxy groups -OCH3 is 1. The number of aromatic hydroxyl groups is 4. The molecule has 0 aliphatic carbocycles. The Hall–Kier alpha value is -14.2. The van der Waals surface area contributed by atoms with E-state index in [-0.39, 0.29) is 114 Å². The highest BCUT2D eigenvalue weighted by Crippen LogP contribution is 2.41. The molecular formula is C93H85Cl5N16O20S4. The first-order valence-electron chi connectivity index (χ1n) is 40.7. The van der Waals surface area contributed by atoms with E-state index in [4.69, 9.17) is 122 Å². The number of carbonyl (C=O) groups excluding carboxylic acids is 1. The summed E-state index contributed by atoms with van der Waals surface area (Å²) in [4.78, 5) is 107. The normalized spacial score (nSPS) is 11.6. The number of nitro benzene ring substituents is 4. The Morgan fingerprint density at radius 3 is 0.848 bits per heavy atom. The van der Waals surface area contributed by atoms with Crippen molar-refractivity contribution in [2.45, 2.75) is 79.6 Å². The van der Waals surface area contributed by atoms with Crippen LogP contribution in [0.3, 0.4) is 0 Å². The largest absolute Gasteiger partial charge is 0.504 e. The van der Waals surface area contributed by atoms with Gasteiger partial charge < -0.3 is 40.5 Å². The zero-order valence-corrected chi connectivity index (χ0v) is 82.3. The smallest absolute Gasteiger partial charge is 0.344 e. The lowest BCUT2D eigenvalue weighted by molar-refractivity contribution is -0.385. The maximum Gasteiger partial charge on any atom is 0.344 e. The fourth-order valence-electron chi connectivity index (χ4n) is 13.8. The molecule has 0 fully saturated rings. The van der Waals surface area contributed by atoms with Gasteiger partial charge >= 0.3 is 23.9 Å². The molecule has 12 aromatic rings. The van der Waals surface area contributed by atoms with Crippen LogP contribution in [0.5, 0.6) is 23.0 Å². The average molecular weight is 2050 g/mol. The number of ether oxygens (including phenoxy) is 1. The van der Waals surface area contributed by atoms with E-state index in [1.54, 1.807) is 132 Å². The highest BCUT2D eigenvalue weighted by molar-refractivity contribution is 7.81. The van der Waals surface area contributed by atoms with E-state index in [0.29, 0.717) is 135 Å². The Morgan fingerprint density at radius 2 is 0.609 bits per heavy atom. The zero-order valence-electron chi connectivity index (χ0n) is 75.3. The molecule has 0 unspecified atom stereocenters. The van der Waals surface area contributed by atoms with Crippen LogP contribution in [0, 0.1) is 40.5 Å². The molecule has 0 spiro atoms. The summed E-state index contributed by atoms with van der Waals surface area (Å²) >= 11 is 51.6. The molecule has 4 heterocycles. The number of hydrogen-bond donors (Lipinski definition) is 7. The summed E-state index contributed by atoms with van der Waals surface area (Å²) in [6.45, 7) is 13.7. The SMILES string of the molecule is CC(=NCC(=S)Cc1ccc(C(=O)O)c([N+](=O)[O-])c1)c1nn(C)c(-c2ccc(C(C)(C)C)cc2)c1O.CC(=NCC(=S)Cc1ccc(C(=O)O)c([N+](=O)[O-])c1)c1nn(C)c(-c2ccc(Cl)c(Cl)c2)c1O.CC(=NCC(=S)Cc1ccc(C(=O)O)c([N+](=O)[O-])c1)c1nn(C)c(-c2ccc(Cl)cc2)c1O.COC(=O)c1ccc(CC(=S)CN=C(C)c2nn(C)c(-c3ccc(Cl)c(Cl)c3)c2O)cc1[N+](=O)[O-]. The number of thiocarbonyl (C=S) groups is 4. The Morgan fingerprint density at radius 1 is 0.370 bits per heavy atom. The first-order chi connectivity index (χ1) is 64.9. The number of rotatable bonds is 32. The number of carboxylic acid groups (broad SMARTS) is 3. The van der Waals surface area contributed by atoms with Gasteiger partial charge in [0.1, 0.15) is 67.8 Å². The van der Waals surface area contributed by atoms with E-state index in [2.05, 4.69) is 65.9 Å². The quantitative estimate of drug-likeness (QED) is 0.00677. The van der Waals surface area contributed by atoms with Crippen LogP contribution in [0.2, 0.25) is 25.1 Å². The van der Waals surface area contributed by atoms with Gasteiger partial charge in [0.25, 0.3) is 22.7 Å². The first kappa shape index (κ1) is 107. The Labute approximate surface area is 833 Å². The van der Waals surface area contributed by atoms with E-state index in [9.17, 15) is 80.1 Å². The molecule has 0 saturated heterocycles. The van der Waals surface area contributed by atoms with E-state index in [1.165, 1.54) is 81.7 Å². The van der Waals surface area contributed by atoms with Crippen LogP contribution in [-0.4, -0.2) is 194 Å². The molecule has 0 saturated carbocycles. The van der Waals surface area contributed by atoms with Crippen molar-refractivity contribution in [1.82, 2.24) is 39.1 Å². The van der Waals surface area contributed by atoms with Gasteiger partial charge in [-0.3, -0.25) is 79.2 Å². The van der Waals surface area contributed by atoms with E-state index in [1.807, 2.05) is 24.3 Å². The van der Waals surface area contributed by atoms with Gasteiger partial charge in [-0.25, -0.2) is 19.2 Å². The van der Waals surface area contributed by atoms with Crippen molar-refractivity contribution in [3.05, 3.63) is 296 Å². The summed E-state index contributed by atoms with van der Waals surface area (Å²) in [5, 5.41) is 135. The van der Waals surface area contributed by atoms with Crippen LogP contribution in [0.1, 0.15) is 140 Å². The molecule has 0 aliphatic rings. The molecule has 4 aromatic heterocycles. The summed E-state index contributed by atoms with van der Waals surface area (Å²) in [5.74, 6) is -5.04. The van der Waals surface area contributed by atoms with Gasteiger partial charge in [0, 0.05) is 125 Å². The van der Waals surface area contributed by atoms with Crippen LogP contribution in [-0.2, 0) is 64.0 Å². The van der Waals surface area contributed by atoms with Crippen LogP contribution in [0.25, 0.3) is 45.0 Å². The standard InChI is InChI=1S/C26H28N4O5S.C23H20Cl2N4O5S.C22H18Cl2N4O5S.C22H19ClN4O5S/c1-15(27-14-19(36)12-16-6-11-20(25(32)33)21(13-16)30(34)35)22-24(31)23(29(5)28-22)17-7-9-18(10-8-17)26(2,3)4;1-12(20-22(30)21(28(2)27-20)14-5-7-17(24)18(25)10-14)26-11-15(35)8-13-4-6-16(23(31)34-3)19(9-13)29(32)33;1-11(19-21(29)20(27(2)26-19)13-4-6-16(23)17(24)9-13)25-10-14(34)7-12-3-5-15(22(30)31)18(8-12)28(32)33;1-12(19-21(28)20(26(2)25-19)14-4-6-15(23)7-5-14)24-11-16(33)9-13-3-8-17(22(29)30)18(10-13)27(31)32/h6-11,13,31H,12,14H2,1-5H3,(H,32,33);4-7,9-10,30H,8,11H2,1-3H3;3-6,8-9,29H,7,10H2,1-2H3,(H,30,31);3-8,10,28H,9,11H2,1-2H3,(H,29,30). The molecule has 8 aromatic carbocycles. The Kier molecular flexibility index (Phi) is 36.6.